The summed E-state index contributed by atoms with van der Waals surface area (Å²) in [5, 5.41) is 3.36. The van der Waals surface area contributed by atoms with Crippen molar-refractivity contribution < 1.29 is 0 Å². The molecule has 0 bridgehead atoms. The Bertz CT molecular complexity index is 852. The van der Waals surface area contributed by atoms with Gasteiger partial charge in [0.05, 0.1) is 11.4 Å². The molecule has 3 aromatic rings. The largest absolute Gasteiger partial charge is 0.354 e. The Morgan fingerprint density at radius 3 is 2.65 bits per heavy atom. The molecule has 0 spiro atoms. The molecule has 5 heteroatoms. The number of rotatable bonds is 3. The lowest BCUT2D eigenvalue weighted by molar-refractivity contribution is 0.817. The molecule has 1 aliphatic heterocycles. The SMILES string of the molecule is CSc1ccc(-c2c(-c3cccc(C)n3)nc3n2CCN3)cc1. The molecule has 0 fully saturated rings. The minimum atomic E-state index is 0.928. The van der Waals surface area contributed by atoms with E-state index in [2.05, 4.69) is 45.4 Å². The molecule has 0 radical (unpaired) electrons. The highest BCUT2D eigenvalue weighted by Gasteiger charge is 2.23. The summed E-state index contributed by atoms with van der Waals surface area (Å²) in [7, 11) is 0. The summed E-state index contributed by atoms with van der Waals surface area (Å²) in [5.41, 5.74) is 5.22. The lowest BCUT2D eigenvalue weighted by Gasteiger charge is -2.08. The van der Waals surface area contributed by atoms with Crippen LogP contribution in [0.4, 0.5) is 5.95 Å². The van der Waals surface area contributed by atoms with Crippen LogP contribution in [0.25, 0.3) is 22.6 Å². The topological polar surface area (TPSA) is 42.7 Å². The van der Waals surface area contributed by atoms with Gasteiger partial charge in [0.1, 0.15) is 5.69 Å². The van der Waals surface area contributed by atoms with Gasteiger partial charge >= 0.3 is 0 Å². The second-order valence-corrected chi connectivity index (χ2v) is 6.48. The van der Waals surface area contributed by atoms with Crippen LogP contribution in [0.2, 0.25) is 0 Å². The van der Waals surface area contributed by atoms with Gasteiger partial charge in [-0.3, -0.25) is 4.98 Å². The van der Waals surface area contributed by atoms with Crippen LogP contribution in [-0.2, 0) is 6.54 Å². The van der Waals surface area contributed by atoms with E-state index in [1.807, 2.05) is 25.1 Å². The van der Waals surface area contributed by atoms with Gasteiger partial charge in [-0.25, -0.2) is 4.98 Å². The van der Waals surface area contributed by atoms with Gasteiger partial charge in [0.15, 0.2) is 0 Å². The van der Waals surface area contributed by atoms with Crippen LogP contribution in [0.1, 0.15) is 5.69 Å². The number of aromatic nitrogens is 3. The number of imidazole rings is 1. The van der Waals surface area contributed by atoms with E-state index in [0.29, 0.717) is 0 Å². The van der Waals surface area contributed by atoms with E-state index in [1.165, 1.54) is 10.5 Å². The van der Waals surface area contributed by atoms with Gasteiger partial charge in [0.2, 0.25) is 5.95 Å². The molecular formula is C18H18N4S. The first-order valence-electron chi connectivity index (χ1n) is 7.69. The van der Waals surface area contributed by atoms with Crippen LogP contribution in [0.5, 0.6) is 0 Å². The van der Waals surface area contributed by atoms with Crippen LogP contribution in [0.15, 0.2) is 47.4 Å². The zero-order valence-electron chi connectivity index (χ0n) is 13.2. The number of fused-ring (bicyclic) bond motifs is 1. The fourth-order valence-electron chi connectivity index (χ4n) is 2.98. The summed E-state index contributed by atoms with van der Waals surface area (Å²) in [4.78, 5) is 10.7. The molecule has 2 aromatic heterocycles. The maximum absolute atomic E-state index is 4.81. The van der Waals surface area contributed by atoms with E-state index in [0.717, 1.165) is 41.8 Å². The van der Waals surface area contributed by atoms with Crippen molar-refractivity contribution in [1.82, 2.24) is 14.5 Å². The van der Waals surface area contributed by atoms with Crippen molar-refractivity contribution in [3.8, 4) is 22.6 Å². The zero-order valence-corrected chi connectivity index (χ0v) is 14.0. The molecule has 116 valence electrons. The first-order chi connectivity index (χ1) is 11.3. The lowest BCUT2D eigenvalue weighted by Crippen LogP contribution is -1.99. The number of thioether (sulfide) groups is 1. The van der Waals surface area contributed by atoms with Crippen molar-refractivity contribution in [2.75, 3.05) is 18.1 Å². The van der Waals surface area contributed by atoms with Gasteiger partial charge in [-0.05, 0) is 37.4 Å². The first-order valence-corrected chi connectivity index (χ1v) is 8.91. The van der Waals surface area contributed by atoms with Crippen molar-refractivity contribution >= 4 is 17.7 Å². The summed E-state index contributed by atoms with van der Waals surface area (Å²) in [5.74, 6) is 0.937. The summed E-state index contributed by atoms with van der Waals surface area (Å²) >= 11 is 1.76. The van der Waals surface area contributed by atoms with Gasteiger partial charge in [0, 0.05) is 29.2 Å². The number of aryl methyl sites for hydroxylation is 1. The van der Waals surface area contributed by atoms with Crippen LogP contribution in [0.3, 0.4) is 0 Å². The van der Waals surface area contributed by atoms with Gasteiger partial charge in [-0.15, -0.1) is 11.8 Å². The molecule has 0 amide bonds. The predicted molar refractivity (Wildman–Crippen MR) is 95.9 cm³/mol. The van der Waals surface area contributed by atoms with E-state index in [1.54, 1.807) is 11.8 Å². The normalized spacial score (nSPS) is 13.0. The van der Waals surface area contributed by atoms with Crippen molar-refractivity contribution in [3.63, 3.8) is 0 Å². The van der Waals surface area contributed by atoms with E-state index in [9.17, 15) is 0 Å². The van der Waals surface area contributed by atoms with Crippen LogP contribution in [-0.4, -0.2) is 27.3 Å². The Hall–Kier alpha value is -2.27. The molecule has 0 saturated heterocycles. The highest BCUT2D eigenvalue weighted by atomic mass is 32.2. The van der Waals surface area contributed by atoms with Gasteiger partial charge < -0.3 is 9.88 Å². The van der Waals surface area contributed by atoms with Crippen molar-refractivity contribution in [2.45, 2.75) is 18.4 Å². The summed E-state index contributed by atoms with van der Waals surface area (Å²) in [6, 6.07) is 14.8. The van der Waals surface area contributed by atoms with E-state index < -0.39 is 0 Å². The Kier molecular flexibility index (Phi) is 3.58. The number of anilines is 1. The number of nitrogens with zero attached hydrogens (tertiary/aromatic N) is 3. The van der Waals surface area contributed by atoms with Crippen molar-refractivity contribution in [2.24, 2.45) is 0 Å². The highest BCUT2D eigenvalue weighted by Crippen LogP contribution is 2.36. The quantitative estimate of drug-likeness (QED) is 0.738. The zero-order chi connectivity index (χ0) is 15.8. The predicted octanol–water partition coefficient (Wildman–Crippen LogP) is 4.07. The number of hydrogen-bond acceptors (Lipinski definition) is 4. The monoisotopic (exact) mass is 322 g/mol. The molecule has 0 unspecified atom stereocenters. The second-order valence-electron chi connectivity index (χ2n) is 5.60. The van der Waals surface area contributed by atoms with E-state index >= 15 is 0 Å². The molecule has 1 aliphatic rings. The molecule has 1 aromatic carbocycles. The third-order valence-electron chi connectivity index (χ3n) is 4.08. The molecule has 0 atom stereocenters. The lowest BCUT2D eigenvalue weighted by atomic mass is 10.1. The Balaban J connectivity index is 1.90. The molecule has 4 rings (SSSR count). The van der Waals surface area contributed by atoms with Crippen LogP contribution < -0.4 is 5.32 Å². The minimum Gasteiger partial charge on any atom is -0.354 e. The van der Waals surface area contributed by atoms with Crippen molar-refractivity contribution in [3.05, 3.63) is 48.2 Å². The molecule has 23 heavy (non-hydrogen) atoms. The Morgan fingerprint density at radius 1 is 1.09 bits per heavy atom. The Morgan fingerprint density at radius 2 is 1.91 bits per heavy atom. The van der Waals surface area contributed by atoms with Gasteiger partial charge in [0.25, 0.3) is 0 Å². The minimum absolute atomic E-state index is 0.928. The molecule has 3 heterocycles. The maximum Gasteiger partial charge on any atom is 0.204 e. The maximum atomic E-state index is 4.81. The number of nitrogens with one attached hydrogen (secondary N) is 1. The van der Waals surface area contributed by atoms with Gasteiger partial charge in [-0.2, -0.15) is 0 Å². The second kappa shape index (κ2) is 5.74. The van der Waals surface area contributed by atoms with Crippen LogP contribution >= 0.6 is 11.8 Å². The third kappa shape index (κ3) is 2.51. The summed E-state index contributed by atoms with van der Waals surface area (Å²) in [6.07, 6.45) is 2.09. The smallest absolute Gasteiger partial charge is 0.204 e. The number of pyridine rings is 1. The summed E-state index contributed by atoms with van der Waals surface area (Å²) < 4.78 is 2.26. The molecule has 1 N–H and O–H groups in total. The first kappa shape index (κ1) is 14.3. The van der Waals surface area contributed by atoms with Crippen molar-refractivity contribution in [1.29, 1.82) is 0 Å². The third-order valence-corrected chi connectivity index (χ3v) is 4.82. The standard InChI is InChI=1S/C18H18N4S/c1-12-4-3-5-15(20-12)16-17(22-11-10-19-18(22)21-16)13-6-8-14(23-2)9-7-13/h3-9H,10-11H2,1-2H3,(H,19,21). The molecule has 0 aliphatic carbocycles. The molecule has 4 nitrogen and oxygen atoms in total. The van der Waals surface area contributed by atoms with E-state index in [4.69, 9.17) is 4.98 Å². The molecular weight excluding hydrogens is 304 g/mol. The number of hydrogen-bond donors (Lipinski definition) is 1. The summed E-state index contributed by atoms with van der Waals surface area (Å²) in [6.45, 7) is 3.88. The Labute approximate surface area is 140 Å². The average Bonchev–Trinajstić information content (AvgIpc) is 3.15. The molecule has 0 saturated carbocycles. The van der Waals surface area contributed by atoms with Crippen LogP contribution in [0, 0.1) is 6.92 Å². The van der Waals surface area contributed by atoms with Gasteiger partial charge in [-0.1, -0.05) is 18.2 Å². The fourth-order valence-corrected chi connectivity index (χ4v) is 3.39. The number of benzene rings is 1. The highest BCUT2D eigenvalue weighted by molar-refractivity contribution is 7.98. The average molecular weight is 322 g/mol. The van der Waals surface area contributed by atoms with E-state index in [-0.39, 0.29) is 0 Å². The fraction of sp³-hybridized carbons (Fsp3) is 0.222.